The molecule has 0 aliphatic carbocycles. The highest BCUT2D eigenvalue weighted by Crippen LogP contribution is 2.35. The van der Waals surface area contributed by atoms with E-state index in [1.165, 1.54) is 0 Å². The Morgan fingerprint density at radius 1 is 0.463 bits per heavy atom. The van der Waals surface area contributed by atoms with Crippen LogP contribution in [-0.2, 0) is 32.6 Å². The van der Waals surface area contributed by atoms with Crippen LogP contribution in [0.2, 0.25) is 20.7 Å². The van der Waals surface area contributed by atoms with Gasteiger partial charge in [0.05, 0.1) is 36.9 Å². The summed E-state index contributed by atoms with van der Waals surface area (Å²) in [5.74, 6) is -10.8. The molecule has 0 atom stereocenters. The van der Waals surface area contributed by atoms with E-state index in [1.807, 2.05) is 84.9 Å². The number of nitrogens with one attached hydrogen (secondary N) is 1. The van der Waals surface area contributed by atoms with Crippen LogP contribution >= 0.6 is 46.4 Å². The lowest BCUT2D eigenvalue weighted by Gasteiger charge is -2.11. The van der Waals surface area contributed by atoms with Gasteiger partial charge in [0.2, 0.25) is 44.8 Å². The van der Waals surface area contributed by atoms with E-state index in [2.05, 4.69) is 25.3 Å². The number of aromatic nitrogens is 4. The molecule has 41 heteroatoms. The zero-order valence-electron chi connectivity index (χ0n) is 54.0. The van der Waals surface area contributed by atoms with Crippen LogP contribution in [0, 0.1) is 92.8 Å². The fraction of sp³-hybridized carbons (Fsp3) is 0.0746. The number of anilines is 3. The Balaban J connectivity index is 0.000000233. The minimum atomic E-state index is -4.60. The number of aliphatic hydroxyl groups excluding tert-OH is 1. The zero-order chi connectivity index (χ0) is 79.9. The van der Waals surface area contributed by atoms with Gasteiger partial charge in [-0.3, -0.25) is 40.5 Å². The molecule has 9 aromatic carbocycles. The Kier molecular flexibility index (Phi) is 33.9. The third-order valence-corrected chi connectivity index (χ3v) is 13.8. The maximum atomic E-state index is 14.3. The van der Waals surface area contributed by atoms with E-state index in [1.54, 1.807) is 36.4 Å². The van der Waals surface area contributed by atoms with Crippen molar-refractivity contribution in [3.63, 3.8) is 0 Å². The first-order valence-electron chi connectivity index (χ1n) is 29.4. The van der Waals surface area contributed by atoms with Crippen molar-refractivity contribution >= 4 is 98.9 Å². The number of halogens is 16. The average molecular weight is 1600 g/mol. The molecular weight excluding hydrogens is 1550 g/mol. The molecule has 11 aromatic rings. The summed E-state index contributed by atoms with van der Waals surface area (Å²) in [6, 6.07) is 45.8. The van der Waals surface area contributed by atoms with E-state index in [4.69, 9.17) is 81.5 Å². The number of nitro groups is 4. The first-order valence-corrected chi connectivity index (χ1v) is 30.9. The van der Waals surface area contributed by atoms with Crippen molar-refractivity contribution in [2.45, 2.75) is 32.6 Å². The molecule has 0 saturated carbocycles. The van der Waals surface area contributed by atoms with Gasteiger partial charge in [-0.25, -0.2) is 31.9 Å². The van der Waals surface area contributed by atoms with Crippen molar-refractivity contribution in [3.05, 3.63) is 342 Å². The summed E-state index contributed by atoms with van der Waals surface area (Å²) in [7, 11) is -1.94. The molecule has 0 aliphatic heterocycles. The molecule has 0 spiro atoms. The monoisotopic (exact) mass is 1590 g/mol. The molecule has 564 valence electrons. The largest absolute Gasteiger partial charge is 0.489 e. The summed E-state index contributed by atoms with van der Waals surface area (Å²) in [6.07, 6.45) is -2.80. The summed E-state index contributed by atoms with van der Waals surface area (Å²) >= 11 is 21.5. The van der Waals surface area contributed by atoms with Crippen LogP contribution < -0.4 is 30.7 Å². The maximum absolute atomic E-state index is 14.3. The van der Waals surface area contributed by atoms with Crippen molar-refractivity contribution < 1.29 is 102 Å². The fourth-order valence-corrected chi connectivity index (χ4v) is 8.52. The predicted octanol–water partition coefficient (Wildman–Crippen LogP) is 17.1. The van der Waals surface area contributed by atoms with E-state index in [0.29, 0.717) is 6.07 Å². The number of nitrogen functional groups attached to an aromatic ring is 1. The number of nitrogens with zero attached hydrogens (tertiary/aromatic N) is 8. The van der Waals surface area contributed by atoms with Crippen LogP contribution in [0.3, 0.4) is 0 Å². The molecule has 11 rings (SSSR count). The molecule has 24 nitrogen and oxygen atoms in total. The van der Waals surface area contributed by atoms with E-state index in [-0.39, 0.29) is 82.7 Å². The van der Waals surface area contributed by atoms with Gasteiger partial charge in [-0.2, -0.15) is 40.7 Å². The highest BCUT2D eigenvalue weighted by molar-refractivity contribution is 6.58. The SMILES string of the molecule is Nc1c(F)cc(OCc2ccccc2)cc1F.O=[N+]([O-])c1c(F)cc(F)cc1F.O=[N+]([O-])c1c(F)cc(OCc2ccccc2)cc1F.O=[N+]([O-])c1cnc(Cl)nc1Cl.O=[N+]([O-])c1cnc(Cl)nc1Nc1c(F)cc(OCc2ccccc2)cc1F.OB(O)c1ccc(Cl)c(C(F)(F)F)c1.OCc1ccccc1. The number of ether oxygens (including phenoxy) is 3. The van der Waals surface area contributed by atoms with Gasteiger partial charge in [0.1, 0.15) is 66.7 Å². The molecular formula is C67H47BCl4F12N10O14. The van der Waals surface area contributed by atoms with Crippen LogP contribution in [0.5, 0.6) is 17.2 Å². The Labute approximate surface area is 620 Å². The van der Waals surface area contributed by atoms with Gasteiger partial charge in [0, 0.05) is 48.5 Å². The Hall–Kier alpha value is -12.0. The number of nitrogens with two attached hydrogens (primary N) is 1. The van der Waals surface area contributed by atoms with Gasteiger partial charge in [-0.1, -0.05) is 151 Å². The van der Waals surface area contributed by atoms with Gasteiger partial charge in [0.25, 0.3) is 0 Å². The highest BCUT2D eigenvalue weighted by Gasteiger charge is 2.34. The van der Waals surface area contributed by atoms with E-state index in [9.17, 15) is 93.1 Å². The summed E-state index contributed by atoms with van der Waals surface area (Å²) in [5.41, 5.74) is 2.80. The first-order chi connectivity index (χ1) is 51.1. The molecule has 0 bridgehead atoms. The molecule has 2 aromatic heterocycles. The number of aliphatic hydroxyl groups is 1. The summed E-state index contributed by atoms with van der Waals surface area (Å²) < 4.78 is 171. The summed E-state index contributed by atoms with van der Waals surface area (Å²) in [4.78, 5) is 51.5. The maximum Gasteiger partial charge on any atom is 0.488 e. The van der Waals surface area contributed by atoms with Gasteiger partial charge in [-0.05, 0) is 63.1 Å². The number of hydrogen-bond acceptors (Lipinski definition) is 20. The highest BCUT2D eigenvalue weighted by atomic mass is 35.5. The molecule has 0 radical (unpaired) electrons. The second kappa shape index (κ2) is 42.2. The van der Waals surface area contributed by atoms with Crippen molar-refractivity contribution in [3.8, 4) is 17.2 Å². The minimum absolute atomic E-state index is 0.0328. The van der Waals surface area contributed by atoms with Gasteiger partial charge in [0.15, 0.2) is 23.3 Å². The van der Waals surface area contributed by atoms with E-state index < -0.39 is 130 Å². The second-order valence-corrected chi connectivity index (χ2v) is 21.9. The lowest BCUT2D eigenvalue weighted by Crippen LogP contribution is -2.30. The number of rotatable bonds is 17. The van der Waals surface area contributed by atoms with Crippen molar-refractivity contribution in [1.82, 2.24) is 19.9 Å². The lowest BCUT2D eigenvalue weighted by molar-refractivity contribution is -0.390. The number of alkyl halides is 3. The van der Waals surface area contributed by atoms with Gasteiger partial charge < -0.3 is 40.4 Å². The first kappa shape index (κ1) is 86.6. The van der Waals surface area contributed by atoms with Crippen molar-refractivity contribution in [1.29, 1.82) is 0 Å². The molecule has 0 fully saturated rings. The molecule has 2 heterocycles. The third kappa shape index (κ3) is 28.1. The molecule has 0 aliphatic rings. The van der Waals surface area contributed by atoms with Crippen LogP contribution in [0.15, 0.2) is 200 Å². The van der Waals surface area contributed by atoms with Crippen LogP contribution in [0.25, 0.3) is 0 Å². The standard InChI is InChI=1S/C17H11ClF2N4O3.C13H9F2NO3.C13H11F2NO.C7H5BClF3O2.C7H8O.C6H2F3NO2.C4HCl2N3O2/c18-17-21-8-14(24(25)26)16(23-17)22-15-12(19)6-11(7-13(15)20)27-9-10-4-2-1-3-5-10;14-11-6-10(7-12(15)13(11)16(17)18)19-8-9-4-2-1-3-5-9;14-11-6-10(7-12(15)13(11)16)17-8-9-4-2-1-3-5-9;9-6-2-1-4(8(13)14)3-5(6)7(10,11)12;8-6-7-4-2-1-3-5-7;7-3-1-4(8)6(10(11)12)5(9)2-3;5-3-2(9(10)11)1-7-4(6)8-3/h1-8H,9H2,(H,21,22,23);1-7H,8H2;1-7H,8,16H2;1-3,13-14H;1-5,8H,6H2;1-2H;1H. The summed E-state index contributed by atoms with van der Waals surface area (Å²) in [5, 5.41) is 68.4. The molecule has 6 N–H and O–H groups in total. The lowest BCUT2D eigenvalue weighted by atomic mass is 9.79. The third-order valence-electron chi connectivity index (χ3n) is 12.8. The second-order valence-electron chi connectivity index (χ2n) is 20.4. The van der Waals surface area contributed by atoms with E-state index in [0.717, 1.165) is 83.2 Å². The average Bonchev–Trinajstić information content (AvgIpc) is 0.826. The Morgan fingerprint density at radius 2 is 0.815 bits per heavy atom. The molecule has 108 heavy (non-hydrogen) atoms. The molecule has 0 unspecified atom stereocenters. The quantitative estimate of drug-likeness (QED) is 0.0107. The predicted molar refractivity (Wildman–Crippen MR) is 370 cm³/mol. The Morgan fingerprint density at radius 3 is 1.16 bits per heavy atom. The van der Waals surface area contributed by atoms with Crippen LogP contribution in [0.4, 0.5) is 92.6 Å². The number of nitro benzene ring substituents is 2. The fourth-order valence-electron chi connectivity index (χ4n) is 7.79. The normalized spacial score (nSPS) is 10.3. The Bertz CT molecular complexity index is 4780. The summed E-state index contributed by atoms with van der Waals surface area (Å²) in [6.45, 7) is 0.640. The minimum Gasteiger partial charge on any atom is -0.489 e. The van der Waals surface area contributed by atoms with Crippen molar-refractivity contribution in [2.24, 2.45) is 0 Å². The van der Waals surface area contributed by atoms with Crippen LogP contribution in [0.1, 0.15) is 27.8 Å². The smallest absolute Gasteiger partial charge is 0.488 e. The number of hydrogen-bond donors (Lipinski definition) is 5. The van der Waals surface area contributed by atoms with E-state index >= 15 is 0 Å². The molecule has 0 amide bonds. The van der Waals surface area contributed by atoms with Crippen LogP contribution in [-0.4, -0.2) is 61.9 Å². The van der Waals surface area contributed by atoms with Gasteiger partial charge in [-0.15, -0.1) is 0 Å². The number of benzene rings is 9. The van der Waals surface area contributed by atoms with Crippen molar-refractivity contribution in [2.75, 3.05) is 11.1 Å². The zero-order valence-corrected chi connectivity index (χ0v) is 57.0. The van der Waals surface area contributed by atoms with Gasteiger partial charge >= 0.3 is 36.0 Å². The topological polar surface area (TPSA) is 351 Å². The molecule has 0 saturated heterocycles.